The number of furan rings is 1. The van der Waals surface area contributed by atoms with E-state index in [1.54, 1.807) is 12.1 Å². The molecular weight excluding hydrogens is 248 g/mol. The molecule has 0 aliphatic heterocycles. The summed E-state index contributed by atoms with van der Waals surface area (Å²) >= 11 is 0. The molecule has 0 saturated carbocycles. The van der Waals surface area contributed by atoms with Gasteiger partial charge >= 0.3 is 0 Å². The normalized spacial score (nSPS) is 12.2. The Kier molecular flexibility index (Phi) is 2.87. The van der Waals surface area contributed by atoms with Crippen LogP contribution < -0.4 is 10.6 Å². The number of hydrogen-bond acceptors (Lipinski definition) is 2. The second-order valence-electron chi connectivity index (χ2n) is 5.11. The first-order valence-corrected chi connectivity index (χ1v) is 6.54. The van der Waals surface area contributed by atoms with Gasteiger partial charge in [0.15, 0.2) is 0 Å². The lowest BCUT2D eigenvalue weighted by Crippen LogP contribution is -2.17. The van der Waals surface area contributed by atoms with E-state index in [1.807, 2.05) is 12.1 Å². The van der Waals surface area contributed by atoms with E-state index in [1.165, 1.54) is 11.1 Å². The van der Waals surface area contributed by atoms with Gasteiger partial charge in [-0.05, 0) is 48.7 Å². The molecule has 3 rings (SSSR count). The van der Waals surface area contributed by atoms with E-state index in [2.05, 4.69) is 38.6 Å². The average Bonchev–Trinajstić information content (AvgIpc) is 2.70. The highest BCUT2D eigenvalue weighted by Gasteiger charge is 2.03. The van der Waals surface area contributed by atoms with Crippen molar-refractivity contribution < 1.29 is 9.52 Å². The van der Waals surface area contributed by atoms with Crippen molar-refractivity contribution in [1.29, 1.82) is 0 Å². The molecule has 1 heterocycles. The van der Waals surface area contributed by atoms with Gasteiger partial charge in [0, 0.05) is 16.7 Å². The molecule has 0 aliphatic rings. The summed E-state index contributed by atoms with van der Waals surface area (Å²) in [6.07, 6.45) is 1.98. The van der Waals surface area contributed by atoms with Crippen LogP contribution >= 0.6 is 0 Å². The van der Waals surface area contributed by atoms with Crippen molar-refractivity contribution in [1.82, 2.24) is 0 Å². The Labute approximate surface area is 117 Å². The van der Waals surface area contributed by atoms with Crippen LogP contribution in [0.25, 0.3) is 23.6 Å². The molecule has 0 bridgehead atoms. The molecule has 1 aromatic heterocycles. The quantitative estimate of drug-likeness (QED) is 0.733. The molecular formula is C18H16O2. The van der Waals surface area contributed by atoms with Crippen LogP contribution in [0.4, 0.5) is 0 Å². The highest BCUT2D eigenvalue weighted by atomic mass is 16.3. The lowest BCUT2D eigenvalue weighted by molar-refractivity contribution is 0.474. The highest BCUT2D eigenvalue weighted by molar-refractivity contribution is 5.80. The molecule has 0 unspecified atom stereocenters. The minimum atomic E-state index is 0.198. The summed E-state index contributed by atoms with van der Waals surface area (Å²) in [5.41, 5.74) is 4.99. The van der Waals surface area contributed by atoms with Crippen LogP contribution in [0.1, 0.15) is 16.7 Å². The molecule has 1 N–H and O–H groups in total. The maximum atomic E-state index is 9.50. The van der Waals surface area contributed by atoms with Gasteiger partial charge in [-0.25, -0.2) is 0 Å². The Hall–Kier alpha value is -2.48. The molecule has 100 valence electrons. The number of rotatable bonds is 1. The highest BCUT2D eigenvalue weighted by Crippen LogP contribution is 2.16. The molecule has 0 fully saturated rings. The van der Waals surface area contributed by atoms with Crippen molar-refractivity contribution in [2.45, 2.75) is 13.8 Å². The Morgan fingerprint density at radius 2 is 1.85 bits per heavy atom. The first kappa shape index (κ1) is 12.5. The summed E-state index contributed by atoms with van der Waals surface area (Å²) in [6.45, 7) is 8.25. The molecule has 0 atom stereocenters. The third-order valence-corrected chi connectivity index (χ3v) is 3.64. The van der Waals surface area contributed by atoms with Gasteiger partial charge in [0.2, 0.25) is 0 Å². The van der Waals surface area contributed by atoms with Gasteiger partial charge in [-0.15, -0.1) is 0 Å². The summed E-state index contributed by atoms with van der Waals surface area (Å²) in [5, 5.41) is 11.3. The van der Waals surface area contributed by atoms with E-state index < -0.39 is 0 Å². The molecule has 2 heteroatoms. The minimum absolute atomic E-state index is 0.198. The fraction of sp³-hybridized carbons (Fsp3) is 0.111. The molecule has 0 amide bonds. The molecule has 0 spiro atoms. The van der Waals surface area contributed by atoms with Crippen LogP contribution in [0, 0.1) is 13.8 Å². The molecule has 0 aliphatic carbocycles. The van der Waals surface area contributed by atoms with Gasteiger partial charge < -0.3 is 9.52 Å². The van der Waals surface area contributed by atoms with Crippen LogP contribution in [0.2, 0.25) is 0 Å². The first-order chi connectivity index (χ1) is 9.54. The summed E-state index contributed by atoms with van der Waals surface area (Å²) in [5.74, 6) is 0.198. The van der Waals surface area contributed by atoms with E-state index in [0.29, 0.717) is 5.58 Å². The summed E-state index contributed by atoms with van der Waals surface area (Å²) in [6, 6.07) is 11.4. The van der Waals surface area contributed by atoms with E-state index in [4.69, 9.17) is 4.42 Å². The zero-order chi connectivity index (χ0) is 14.3. The largest absolute Gasteiger partial charge is 0.508 e. The zero-order valence-electron chi connectivity index (χ0n) is 11.6. The lowest BCUT2D eigenvalue weighted by atomic mass is 10.1. The smallest absolute Gasteiger partial charge is 0.139 e. The van der Waals surface area contributed by atoms with Gasteiger partial charge in [-0.2, -0.15) is 0 Å². The average molecular weight is 264 g/mol. The van der Waals surface area contributed by atoms with Crippen LogP contribution in [-0.2, 0) is 0 Å². The van der Waals surface area contributed by atoms with E-state index in [0.717, 1.165) is 21.6 Å². The van der Waals surface area contributed by atoms with Crippen LogP contribution in [0.15, 0.2) is 40.8 Å². The van der Waals surface area contributed by atoms with Gasteiger partial charge in [0.05, 0.1) is 0 Å². The number of fused-ring (bicyclic) bond motifs is 1. The van der Waals surface area contributed by atoms with Crippen molar-refractivity contribution in [2.24, 2.45) is 0 Å². The Morgan fingerprint density at radius 3 is 2.60 bits per heavy atom. The molecule has 2 nitrogen and oxygen atoms in total. The van der Waals surface area contributed by atoms with Crippen molar-refractivity contribution in [3.63, 3.8) is 0 Å². The lowest BCUT2D eigenvalue weighted by Gasteiger charge is -1.99. The predicted octanol–water partition coefficient (Wildman–Crippen LogP) is 2.99. The standard InChI is InChI=1S/C18H16O2/c1-11-4-5-14(8-12(11)2)9-17-13(3)16-7-6-15(19)10-18(16)20-17/h4-10,19H,3H2,1-2H3/b17-9-. The monoisotopic (exact) mass is 264 g/mol. The second-order valence-corrected chi connectivity index (χ2v) is 5.11. The SMILES string of the molecule is C=c1/c(=C/c2ccc(C)c(C)c2)oc2cc(O)ccc12. The van der Waals surface area contributed by atoms with Crippen LogP contribution in [-0.4, -0.2) is 5.11 Å². The van der Waals surface area contributed by atoms with Gasteiger partial charge in [-0.1, -0.05) is 24.8 Å². The van der Waals surface area contributed by atoms with E-state index in [-0.39, 0.29) is 5.75 Å². The summed E-state index contributed by atoms with van der Waals surface area (Å²) in [4.78, 5) is 0. The maximum absolute atomic E-state index is 9.50. The van der Waals surface area contributed by atoms with Crippen molar-refractivity contribution in [3.05, 3.63) is 63.7 Å². The Morgan fingerprint density at radius 1 is 1.05 bits per heavy atom. The zero-order valence-corrected chi connectivity index (χ0v) is 11.6. The Balaban J connectivity index is 2.23. The molecule has 2 aromatic carbocycles. The van der Waals surface area contributed by atoms with Crippen LogP contribution in [0.5, 0.6) is 5.75 Å². The summed E-state index contributed by atoms with van der Waals surface area (Å²) in [7, 11) is 0. The van der Waals surface area contributed by atoms with E-state index >= 15 is 0 Å². The molecule has 0 saturated heterocycles. The van der Waals surface area contributed by atoms with Crippen LogP contribution in [0.3, 0.4) is 0 Å². The number of phenols is 1. The summed E-state index contributed by atoms with van der Waals surface area (Å²) < 4.78 is 5.78. The fourth-order valence-electron chi connectivity index (χ4n) is 2.28. The van der Waals surface area contributed by atoms with Crippen molar-refractivity contribution in [2.75, 3.05) is 0 Å². The predicted molar refractivity (Wildman–Crippen MR) is 82.1 cm³/mol. The first-order valence-electron chi connectivity index (χ1n) is 6.54. The van der Waals surface area contributed by atoms with Gasteiger partial charge in [0.1, 0.15) is 16.7 Å². The number of aryl methyl sites for hydroxylation is 2. The number of phenolic OH excluding ortho intramolecular Hbond substituents is 1. The Bertz CT molecular complexity index is 901. The second kappa shape index (κ2) is 4.57. The number of aromatic hydroxyl groups is 1. The molecule has 3 aromatic rings. The topological polar surface area (TPSA) is 33.4 Å². The van der Waals surface area contributed by atoms with Crippen molar-refractivity contribution >= 4 is 23.6 Å². The fourth-order valence-corrected chi connectivity index (χ4v) is 2.28. The van der Waals surface area contributed by atoms with Gasteiger partial charge in [0.25, 0.3) is 0 Å². The third kappa shape index (κ3) is 2.10. The molecule has 20 heavy (non-hydrogen) atoms. The van der Waals surface area contributed by atoms with Gasteiger partial charge in [-0.3, -0.25) is 0 Å². The van der Waals surface area contributed by atoms with E-state index in [9.17, 15) is 5.11 Å². The molecule has 0 radical (unpaired) electrons. The minimum Gasteiger partial charge on any atom is -0.508 e. The van der Waals surface area contributed by atoms with Crippen molar-refractivity contribution in [3.8, 4) is 5.75 Å². The third-order valence-electron chi connectivity index (χ3n) is 3.64. The maximum Gasteiger partial charge on any atom is 0.139 e. The number of hydrogen-bond donors (Lipinski definition) is 1. The number of benzene rings is 2.